The molecule has 1 N–H and O–H groups in total. The standard InChI is InChI=1S/C18H16N2O2S/c1-2-22-16-8-3-14(4-9-16)5-12-18(21)20-15-6-10-17(11-7-15)23-13-19/h3-12H,2H2,1H3,(H,20,21)/b12-5+. The number of thioether (sulfide) groups is 1. The largest absolute Gasteiger partial charge is 0.494 e. The lowest BCUT2D eigenvalue weighted by Gasteiger charge is -2.03. The molecule has 0 fully saturated rings. The quantitative estimate of drug-likeness (QED) is 0.488. The third-order valence-electron chi connectivity index (χ3n) is 2.90. The van der Waals surface area contributed by atoms with Crippen LogP contribution in [0.3, 0.4) is 0 Å². The molecule has 2 aromatic rings. The van der Waals surface area contributed by atoms with E-state index in [1.54, 1.807) is 30.3 Å². The van der Waals surface area contributed by atoms with Crippen molar-refractivity contribution in [1.82, 2.24) is 0 Å². The molecule has 5 heteroatoms. The fourth-order valence-corrected chi connectivity index (χ4v) is 2.23. The molecule has 0 aliphatic rings. The second-order valence-electron chi connectivity index (χ2n) is 4.54. The lowest BCUT2D eigenvalue weighted by molar-refractivity contribution is -0.111. The van der Waals surface area contributed by atoms with E-state index in [9.17, 15) is 4.79 Å². The first-order valence-electron chi connectivity index (χ1n) is 7.09. The molecule has 0 atom stereocenters. The highest BCUT2D eigenvalue weighted by molar-refractivity contribution is 8.03. The van der Waals surface area contributed by atoms with Gasteiger partial charge in [-0.2, -0.15) is 5.26 Å². The summed E-state index contributed by atoms with van der Waals surface area (Å²) in [4.78, 5) is 12.7. The minimum absolute atomic E-state index is 0.209. The molecule has 0 heterocycles. The van der Waals surface area contributed by atoms with E-state index in [-0.39, 0.29) is 5.91 Å². The lowest BCUT2D eigenvalue weighted by atomic mass is 10.2. The van der Waals surface area contributed by atoms with Crippen LogP contribution in [-0.4, -0.2) is 12.5 Å². The van der Waals surface area contributed by atoms with Crippen LogP contribution >= 0.6 is 11.8 Å². The molecule has 0 unspecified atom stereocenters. The maximum Gasteiger partial charge on any atom is 0.248 e. The van der Waals surface area contributed by atoms with Gasteiger partial charge in [0.25, 0.3) is 0 Å². The molecule has 0 aliphatic heterocycles. The van der Waals surface area contributed by atoms with Crippen LogP contribution in [0.1, 0.15) is 12.5 Å². The number of carbonyl (C=O) groups is 1. The first kappa shape index (κ1) is 16.7. The molecule has 0 bridgehead atoms. The fraction of sp³-hybridized carbons (Fsp3) is 0.111. The summed E-state index contributed by atoms with van der Waals surface area (Å²) < 4.78 is 5.37. The second-order valence-corrected chi connectivity index (χ2v) is 5.40. The fourth-order valence-electron chi connectivity index (χ4n) is 1.86. The van der Waals surface area contributed by atoms with Crippen molar-refractivity contribution >= 4 is 29.4 Å². The monoisotopic (exact) mass is 324 g/mol. The van der Waals surface area contributed by atoms with Gasteiger partial charge in [0.15, 0.2) is 0 Å². The summed E-state index contributed by atoms with van der Waals surface area (Å²) >= 11 is 1.08. The normalized spacial score (nSPS) is 10.3. The van der Waals surface area contributed by atoms with Gasteiger partial charge in [0.1, 0.15) is 11.2 Å². The number of hydrogen-bond donors (Lipinski definition) is 1. The number of anilines is 1. The molecule has 0 aliphatic carbocycles. The van der Waals surface area contributed by atoms with E-state index >= 15 is 0 Å². The van der Waals surface area contributed by atoms with E-state index < -0.39 is 0 Å². The average molecular weight is 324 g/mol. The number of hydrogen-bond acceptors (Lipinski definition) is 4. The van der Waals surface area contributed by atoms with Crippen molar-refractivity contribution in [2.24, 2.45) is 0 Å². The smallest absolute Gasteiger partial charge is 0.248 e. The SMILES string of the molecule is CCOc1ccc(/C=C/C(=O)Nc2ccc(SC#N)cc2)cc1. The van der Waals surface area contributed by atoms with E-state index in [0.717, 1.165) is 28.0 Å². The van der Waals surface area contributed by atoms with Crippen LogP contribution in [0.4, 0.5) is 5.69 Å². The Morgan fingerprint density at radius 3 is 2.52 bits per heavy atom. The molecule has 0 aromatic heterocycles. The summed E-state index contributed by atoms with van der Waals surface area (Å²) in [7, 11) is 0. The van der Waals surface area contributed by atoms with E-state index in [0.29, 0.717) is 12.3 Å². The van der Waals surface area contributed by atoms with Crippen molar-refractivity contribution in [1.29, 1.82) is 5.26 Å². The number of nitrogens with zero attached hydrogens (tertiary/aromatic N) is 1. The Labute approximate surface area is 139 Å². The predicted octanol–water partition coefficient (Wildman–Crippen LogP) is 4.31. The van der Waals surface area contributed by atoms with Gasteiger partial charge in [0.2, 0.25) is 5.91 Å². The van der Waals surface area contributed by atoms with E-state index in [1.165, 1.54) is 6.08 Å². The van der Waals surface area contributed by atoms with E-state index in [4.69, 9.17) is 10.00 Å². The maximum atomic E-state index is 11.9. The van der Waals surface area contributed by atoms with Crippen molar-refractivity contribution in [2.45, 2.75) is 11.8 Å². The first-order valence-corrected chi connectivity index (χ1v) is 7.91. The van der Waals surface area contributed by atoms with Crippen LogP contribution in [0.5, 0.6) is 5.75 Å². The van der Waals surface area contributed by atoms with Crippen LogP contribution < -0.4 is 10.1 Å². The van der Waals surface area contributed by atoms with Crippen LogP contribution in [0.2, 0.25) is 0 Å². The highest BCUT2D eigenvalue weighted by Gasteiger charge is 1.99. The van der Waals surface area contributed by atoms with Gasteiger partial charge in [-0.1, -0.05) is 12.1 Å². The number of rotatable bonds is 6. The van der Waals surface area contributed by atoms with E-state index in [2.05, 4.69) is 5.32 Å². The van der Waals surface area contributed by atoms with Crippen molar-refractivity contribution in [3.8, 4) is 11.2 Å². The van der Waals surface area contributed by atoms with Gasteiger partial charge in [0.05, 0.1) is 6.61 Å². The molecular weight excluding hydrogens is 308 g/mol. The van der Waals surface area contributed by atoms with Crippen LogP contribution in [-0.2, 0) is 4.79 Å². The molecule has 4 nitrogen and oxygen atoms in total. The van der Waals surface area contributed by atoms with Crippen molar-refractivity contribution in [3.05, 3.63) is 60.2 Å². The van der Waals surface area contributed by atoms with Gasteiger partial charge >= 0.3 is 0 Å². The number of benzene rings is 2. The van der Waals surface area contributed by atoms with Gasteiger partial charge < -0.3 is 10.1 Å². The molecule has 1 amide bonds. The third kappa shape index (κ3) is 5.53. The zero-order valence-corrected chi connectivity index (χ0v) is 13.5. The Morgan fingerprint density at radius 2 is 1.91 bits per heavy atom. The zero-order chi connectivity index (χ0) is 16.5. The maximum absolute atomic E-state index is 11.9. The van der Waals surface area contributed by atoms with Crippen LogP contribution in [0, 0.1) is 10.7 Å². The summed E-state index contributed by atoms with van der Waals surface area (Å²) in [6.07, 6.45) is 3.22. The molecule has 116 valence electrons. The zero-order valence-electron chi connectivity index (χ0n) is 12.7. The van der Waals surface area contributed by atoms with Crippen LogP contribution in [0.25, 0.3) is 6.08 Å². The number of carbonyl (C=O) groups excluding carboxylic acids is 1. The number of thiocyanates is 1. The molecule has 2 rings (SSSR count). The average Bonchev–Trinajstić information content (AvgIpc) is 2.57. The van der Waals surface area contributed by atoms with Gasteiger partial charge in [-0.25, -0.2) is 0 Å². The number of ether oxygens (including phenoxy) is 1. The van der Waals surface area contributed by atoms with Gasteiger partial charge in [-0.3, -0.25) is 4.79 Å². The molecule has 0 saturated carbocycles. The third-order valence-corrected chi connectivity index (χ3v) is 3.50. The van der Waals surface area contributed by atoms with Crippen LogP contribution in [0.15, 0.2) is 59.5 Å². The minimum atomic E-state index is -0.209. The predicted molar refractivity (Wildman–Crippen MR) is 93.2 cm³/mol. The molecule has 0 spiro atoms. The highest BCUT2D eigenvalue weighted by atomic mass is 32.2. The van der Waals surface area contributed by atoms with Crippen molar-refractivity contribution < 1.29 is 9.53 Å². The summed E-state index contributed by atoms with van der Waals surface area (Å²) in [6, 6.07) is 14.6. The Hall–Kier alpha value is -2.71. The minimum Gasteiger partial charge on any atom is -0.494 e. The summed E-state index contributed by atoms with van der Waals surface area (Å²) in [6.45, 7) is 2.56. The lowest BCUT2D eigenvalue weighted by Crippen LogP contribution is -2.07. The van der Waals surface area contributed by atoms with E-state index in [1.807, 2.05) is 36.6 Å². The topological polar surface area (TPSA) is 62.1 Å². The summed E-state index contributed by atoms with van der Waals surface area (Å²) in [5, 5.41) is 13.4. The molecule has 23 heavy (non-hydrogen) atoms. The number of amides is 1. The Balaban J connectivity index is 1.92. The summed E-state index contributed by atoms with van der Waals surface area (Å²) in [5.41, 5.74) is 1.61. The van der Waals surface area contributed by atoms with Gasteiger partial charge in [-0.05, 0) is 66.7 Å². The highest BCUT2D eigenvalue weighted by Crippen LogP contribution is 2.19. The first-order chi connectivity index (χ1) is 11.2. The molecule has 0 saturated heterocycles. The Bertz CT molecular complexity index is 716. The number of nitriles is 1. The molecule has 0 radical (unpaired) electrons. The molecule has 2 aromatic carbocycles. The van der Waals surface area contributed by atoms with Crippen molar-refractivity contribution in [3.63, 3.8) is 0 Å². The number of nitrogens with one attached hydrogen (secondary N) is 1. The van der Waals surface area contributed by atoms with Gasteiger partial charge in [-0.15, -0.1) is 0 Å². The Kier molecular flexibility index (Phi) is 6.28. The van der Waals surface area contributed by atoms with Gasteiger partial charge in [0, 0.05) is 16.7 Å². The Morgan fingerprint density at radius 1 is 1.22 bits per heavy atom. The van der Waals surface area contributed by atoms with Crippen molar-refractivity contribution in [2.75, 3.05) is 11.9 Å². The second kappa shape index (κ2) is 8.66. The summed E-state index contributed by atoms with van der Waals surface area (Å²) in [5.74, 6) is 0.601. The molecular formula is C18H16N2O2S.